The van der Waals surface area contributed by atoms with Crippen LogP contribution >= 0.6 is 0 Å². The van der Waals surface area contributed by atoms with Gasteiger partial charge >= 0.3 is 0 Å². The third-order valence-corrected chi connectivity index (χ3v) is 8.61. The van der Waals surface area contributed by atoms with E-state index in [2.05, 4.69) is 10.3 Å². The molecule has 4 aromatic rings. The van der Waals surface area contributed by atoms with Gasteiger partial charge in [0.25, 0.3) is 5.91 Å². The van der Waals surface area contributed by atoms with Gasteiger partial charge in [0.1, 0.15) is 11.5 Å². The molecule has 0 bridgehead atoms. The molecular weight excluding hydrogens is 533 g/mol. The number of aliphatic hydroxyl groups excluding tert-OH is 1. The number of aliphatic hydroxyl groups is 1. The van der Waals surface area contributed by atoms with E-state index >= 15 is 0 Å². The first-order valence-electron chi connectivity index (χ1n) is 13.1. The first-order chi connectivity index (χ1) is 19.0. The fourth-order valence-electron chi connectivity index (χ4n) is 4.53. The number of rotatable bonds is 10. The Balaban J connectivity index is 1.62. The molecule has 0 aliphatic heterocycles. The number of hydrogen-bond acceptors (Lipinski definition) is 6. The van der Waals surface area contributed by atoms with Gasteiger partial charge in [0, 0.05) is 23.2 Å². The number of hydrogen-bond donors (Lipinski definition) is 2. The summed E-state index contributed by atoms with van der Waals surface area (Å²) < 4.78 is 40.8. The second-order valence-electron chi connectivity index (χ2n) is 9.80. The number of aromatic nitrogens is 2. The Kier molecular flexibility index (Phi) is 8.51. The van der Waals surface area contributed by atoms with Gasteiger partial charge in [0.05, 0.1) is 40.2 Å². The maximum atomic E-state index is 14.8. The Morgan fingerprint density at radius 3 is 2.33 bits per heavy atom. The van der Waals surface area contributed by atoms with E-state index in [1.54, 1.807) is 57.3 Å². The summed E-state index contributed by atoms with van der Waals surface area (Å²) in [7, 11) is -3.37. The van der Waals surface area contributed by atoms with Gasteiger partial charge in [-0.1, -0.05) is 45.9 Å². The van der Waals surface area contributed by atoms with Crippen LogP contribution in [0.5, 0.6) is 0 Å². The quantitative estimate of drug-likeness (QED) is 0.267. The lowest BCUT2D eigenvalue weighted by atomic mass is 9.98. The summed E-state index contributed by atoms with van der Waals surface area (Å²) in [6.45, 7) is 6.57. The third-order valence-electron chi connectivity index (χ3n) is 6.86. The van der Waals surface area contributed by atoms with Crippen LogP contribution in [0.2, 0.25) is 0 Å². The lowest BCUT2D eigenvalue weighted by Gasteiger charge is -2.17. The van der Waals surface area contributed by atoms with Crippen LogP contribution in [-0.2, 0) is 16.3 Å². The molecule has 40 heavy (non-hydrogen) atoms. The number of aryl methyl sites for hydroxylation is 1. The number of fused-ring (bicyclic) bond motifs is 1. The average molecular weight is 566 g/mol. The van der Waals surface area contributed by atoms with Crippen molar-refractivity contribution in [3.63, 3.8) is 0 Å². The molecule has 2 N–H and O–H groups in total. The SMILES string of the molecule is CCc1c(-c2ccc(C(=O)C(C)C)c(F)c2)nc2cc(C(=O)N[C@@H](CO)c3ccc(S(=O)(=O)CC)cc3)ccn12. The zero-order chi connectivity index (χ0) is 29.2. The number of nitrogens with one attached hydrogen (secondary N) is 1. The zero-order valence-corrected chi connectivity index (χ0v) is 23.6. The molecule has 0 aliphatic rings. The van der Waals surface area contributed by atoms with E-state index in [1.165, 1.54) is 24.3 Å². The number of benzene rings is 2. The van der Waals surface area contributed by atoms with Gasteiger partial charge in [-0.15, -0.1) is 0 Å². The van der Waals surface area contributed by atoms with Gasteiger partial charge < -0.3 is 14.8 Å². The van der Waals surface area contributed by atoms with Gasteiger partial charge in [-0.05, 0) is 48.4 Å². The predicted molar refractivity (Wildman–Crippen MR) is 151 cm³/mol. The summed E-state index contributed by atoms with van der Waals surface area (Å²) in [5, 5.41) is 12.7. The van der Waals surface area contributed by atoms with Crippen LogP contribution in [0.3, 0.4) is 0 Å². The Labute approximate surface area is 232 Å². The van der Waals surface area contributed by atoms with E-state index in [0.717, 1.165) is 5.69 Å². The number of ketones is 1. The number of halogens is 1. The molecule has 10 heteroatoms. The molecule has 4 rings (SSSR count). The lowest BCUT2D eigenvalue weighted by Crippen LogP contribution is -2.30. The fraction of sp³-hybridized carbons (Fsp3) is 0.300. The Bertz CT molecular complexity index is 1680. The first-order valence-corrected chi connectivity index (χ1v) is 14.7. The topological polar surface area (TPSA) is 118 Å². The highest BCUT2D eigenvalue weighted by atomic mass is 32.2. The standard InChI is InChI=1S/C30H32FN3O5S/c1-5-26-28(20-9-12-23(24(31)15-20)29(36)18(3)4)33-27-16-21(13-14-34(26)27)30(37)32-25(17-35)19-7-10-22(11-8-19)40(38,39)6-2/h7-16,18,25,35H,5-6,17H2,1-4H3,(H,32,37)/t25-/m0/s1. The van der Waals surface area contributed by atoms with Crippen LogP contribution in [0, 0.1) is 11.7 Å². The molecule has 1 amide bonds. The Morgan fingerprint density at radius 1 is 1.05 bits per heavy atom. The van der Waals surface area contributed by atoms with E-state index in [4.69, 9.17) is 0 Å². The number of nitrogens with zero attached hydrogens (tertiary/aromatic N) is 2. The summed E-state index contributed by atoms with van der Waals surface area (Å²) >= 11 is 0. The maximum Gasteiger partial charge on any atom is 0.252 e. The first kappa shape index (κ1) is 29.1. The largest absolute Gasteiger partial charge is 0.394 e. The molecule has 2 aromatic heterocycles. The Morgan fingerprint density at radius 2 is 1.75 bits per heavy atom. The molecule has 210 valence electrons. The zero-order valence-electron chi connectivity index (χ0n) is 22.8. The van der Waals surface area contributed by atoms with Gasteiger partial charge in [0.15, 0.2) is 15.6 Å². The highest BCUT2D eigenvalue weighted by Gasteiger charge is 2.21. The predicted octanol–water partition coefficient (Wildman–Crippen LogP) is 4.80. The number of carbonyl (C=O) groups excluding carboxylic acids is 2. The van der Waals surface area contributed by atoms with Gasteiger partial charge in [-0.25, -0.2) is 17.8 Å². The number of Topliss-reactive ketones (excluding diaryl/α,β-unsaturated/α-hetero) is 1. The monoisotopic (exact) mass is 565 g/mol. The van der Waals surface area contributed by atoms with E-state index in [0.29, 0.717) is 34.5 Å². The van der Waals surface area contributed by atoms with Crippen LogP contribution < -0.4 is 5.32 Å². The van der Waals surface area contributed by atoms with Crippen LogP contribution in [0.25, 0.3) is 16.9 Å². The van der Waals surface area contributed by atoms with Crippen molar-refractivity contribution in [3.05, 3.63) is 89.0 Å². The highest BCUT2D eigenvalue weighted by molar-refractivity contribution is 7.91. The van der Waals surface area contributed by atoms with E-state index in [9.17, 15) is 27.5 Å². The number of imidazole rings is 1. The van der Waals surface area contributed by atoms with Gasteiger partial charge in [-0.2, -0.15) is 0 Å². The summed E-state index contributed by atoms with van der Waals surface area (Å²) in [5.74, 6) is -1.67. The number of sulfone groups is 1. The summed E-state index contributed by atoms with van der Waals surface area (Å²) in [5.41, 5.74) is 3.29. The number of amides is 1. The van der Waals surface area contributed by atoms with Gasteiger partial charge in [0.2, 0.25) is 0 Å². The van der Waals surface area contributed by atoms with Gasteiger partial charge in [-0.3, -0.25) is 9.59 Å². The highest BCUT2D eigenvalue weighted by Crippen LogP contribution is 2.28. The molecule has 0 spiro atoms. The normalized spacial score (nSPS) is 12.6. The van der Waals surface area contributed by atoms with Crippen molar-refractivity contribution < 1.29 is 27.5 Å². The summed E-state index contributed by atoms with van der Waals surface area (Å²) in [6, 6.07) is 13.0. The fourth-order valence-corrected chi connectivity index (χ4v) is 5.41. The minimum absolute atomic E-state index is 0.0255. The maximum absolute atomic E-state index is 14.8. The van der Waals surface area contributed by atoms with E-state index < -0.39 is 27.6 Å². The molecule has 0 aliphatic carbocycles. The molecule has 1 atom stereocenters. The molecular formula is C30H32FN3O5S. The molecule has 0 saturated carbocycles. The average Bonchev–Trinajstić information content (AvgIpc) is 3.33. The van der Waals surface area contributed by atoms with Crippen LogP contribution in [0.1, 0.15) is 65.7 Å². The van der Waals surface area contributed by atoms with Crippen molar-refractivity contribution in [2.75, 3.05) is 12.4 Å². The summed E-state index contributed by atoms with van der Waals surface area (Å²) in [4.78, 5) is 30.2. The van der Waals surface area contributed by atoms with Crippen molar-refractivity contribution >= 4 is 27.2 Å². The summed E-state index contributed by atoms with van der Waals surface area (Å²) in [6.07, 6.45) is 2.30. The van der Waals surface area contributed by atoms with E-state index in [-0.39, 0.29) is 34.5 Å². The number of pyridine rings is 1. The molecule has 8 nitrogen and oxygen atoms in total. The van der Waals surface area contributed by atoms with Crippen molar-refractivity contribution in [1.82, 2.24) is 14.7 Å². The smallest absolute Gasteiger partial charge is 0.252 e. The molecule has 0 saturated heterocycles. The van der Waals surface area contributed by atoms with Crippen molar-refractivity contribution in [2.45, 2.75) is 45.1 Å². The van der Waals surface area contributed by atoms with Crippen LogP contribution in [0.4, 0.5) is 4.39 Å². The van der Waals surface area contributed by atoms with Crippen molar-refractivity contribution in [2.24, 2.45) is 5.92 Å². The minimum Gasteiger partial charge on any atom is -0.394 e. The Hall–Kier alpha value is -3.89. The molecule has 2 aromatic carbocycles. The second kappa shape index (κ2) is 11.7. The van der Waals surface area contributed by atoms with Crippen molar-refractivity contribution in [3.8, 4) is 11.3 Å². The number of carbonyl (C=O) groups is 2. The second-order valence-corrected chi connectivity index (χ2v) is 12.1. The molecule has 0 unspecified atom stereocenters. The molecule has 2 heterocycles. The van der Waals surface area contributed by atoms with Crippen molar-refractivity contribution in [1.29, 1.82) is 0 Å². The van der Waals surface area contributed by atoms with E-state index in [1.807, 2.05) is 11.3 Å². The lowest BCUT2D eigenvalue weighted by molar-refractivity contribution is 0.0913. The third kappa shape index (κ3) is 5.68. The molecule has 0 radical (unpaired) electrons. The van der Waals surface area contributed by atoms with Crippen LogP contribution in [0.15, 0.2) is 65.7 Å². The minimum atomic E-state index is -3.37. The van der Waals surface area contributed by atoms with Crippen LogP contribution in [-0.4, -0.2) is 47.0 Å². The molecule has 0 fully saturated rings.